The highest BCUT2D eigenvalue weighted by atomic mass is 32.2. The van der Waals surface area contributed by atoms with Crippen LogP contribution in [0.1, 0.15) is 6.42 Å². The quantitative estimate of drug-likeness (QED) is 0.630. The number of thioether (sulfide) groups is 1. The molecule has 68 valence electrons. The van der Waals surface area contributed by atoms with Gasteiger partial charge in [0.15, 0.2) is 5.17 Å². The summed E-state index contributed by atoms with van der Waals surface area (Å²) in [5.74, 6) is 0.484. The van der Waals surface area contributed by atoms with Crippen molar-refractivity contribution >= 4 is 22.8 Å². The number of hydrogen-bond donors (Lipinski definition) is 2. The zero-order chi connectivity index (χ0) is 8.81. The topological polar surface area (TPSA) is 53.5 Å². The molecule has 5 heteroatoms. The van der Waals surface area contributed by atoms with Crippen LogP contribution in [0.5, 0.6) is 0 Å². The molecule has 1 amide bonds. The first-order valence-corrected chi connectivity index (χ1v) is 4.93. The first-order chi connectivity index (χ1) is 5.83. The Hall–Kier alpha value is -0.710. The van der Waals surface area contributed by atoms with Crippen LogP contribution in [0, 0.1) is 0 Å². The summed E-state index contributed by atoms with van der Waals surface area (Å²) in [7, 11) is 1.64. The van der Waals surface area contributed by atoms with E-state index in [2.05, 4.69) is 15.6 Å². The molecule has 0 aromatic heterocycles. The molecule has 0 radical (unpaired) electrons. The fourth-order valence-electron chi connectivity index (χ4n) is 0.814. The van der Waals surface area contributed by atoms with E-state index in [1.165, 1.54) is 11.8 Å². The Morgan fingerprint density at radius 1 is 1.83 bits per heavy atom. The first kappa shape index (κ1) is 9.38. The summed E-state index contributed by atoms with van der Waals surface area (Å²) < 4.78 is 0. The van der Waals surface area contributed by atoms with Gasteiger partial charge in [-0.15, -0.1) is 0 Å². The fraction of sp³-hybridized carbons (Fsp3) is 0.714. The molecule has 1 aliphatic heterocycles. The number of carbonyl (C=O) groups excluding carboxylic acids is 1. The molecule has 12 heavy (non-hydrogen) atoms. The molecule has 1 aliphatic rings. The Bertz CT molecular complexity index is 193. The number of aliphatic imine (C=N–C) groups is 1. The maximum atomic E-state index is 10.8. The van der Waals surface area contributed by atoms with Gasteiger partial charge in [-0.2, -0.15) is 0 Å². The number of nitrogens with one attached hydrogen (secondary N) is 2. The number of amidine groups is 1. The van der Waals surface area contributed by atoms with Gasteiger partial charge in [0.1, 0.15) is 0 Å². The second-order valence-corrected chi connectivity index (χ2v) is 3.39. The maximum Gasteiger partial charge on any atom is 0.230 e. The van der Waals surface area contributed by atoms with E-state index >= 15 is 0 Å². The van der Waals surface area contributed by atoms with Crippen LogP contribution in [-0.2, 0) is 4.79 Å². The molecule has 4 nitrogen and oxygen atoms in total. The van der Waals surface area contributed by atoms with Crippen LogP contribution in [0.25, 0.3) is 0 Å². The number of hydrogen-bond acceptors (Lipinski definition) is 4. The van der Waals surface area contributed by atoms with Gasteiger partial charge in [0.25, 0.3) is 0 Å². The Kier molecular flexibility index (Phi) is 3.93. The molecule has 1 heterocycles. The Morgan fingerprint density at radius 3 is 3.25 bits per heavy atom. The third-order valence-corrected chi connectivity index (χ3v) is 2.44. The molecule has 0 saturated heterocycles. The average Bonchev–Trinajstić information content (AvgIpc) is 2.16. The van der Waals surface area contributed by atoms with Crippen molar-refractivity contribution < 1.29 is 4.79 Å². The van der Waals surface area contributed by atoms with Crippen LogP contribution in [-0.4, -0.2) is 37.0 Å². The maximum absolute atomic E-state index is 10.8. The number of rotatable bonds is 2. The molecule has 0 aromatic carbocycles. The molecule has 0 fully saturated rings. The summed E-state index contributed by atoms with van der Waals surface area (Å²) in [5, 5.41) is 6.59. The minimum atomic E-state index is 0.0371. The number of amides is 1. The van der Waals surface area contributed by atoms with Gasteiger partial charge < -0.3 is 10.6 Å². The minimum absolute atomic E-state index is 0.0371. The summed E-state index contributed by atoms with van der Waals surface area (Å²) in [4.78, 5) is 15.1. The molecular weight excluding hydrogens is 174 g/mol. The van der Waals surface area contributed by atoms with E-state index in [-0.39, 0.29) is 5.91 Å². The summed E-state index contributed by atoms with van der Waals surface area (Å²) in [5.41, 5.74) is 0. The van der Waals surface area contributed by atoms with Gasteiger partial charge in [0.05, 0.1) is 5.75 Å². The van der Waals surface area contributed by atoms with Crippen molar-refractivity contribution in [1.29, 1.82) is 0 Å². The van der Waals surface area contributed by atoms with Crippen LogP contribution in [0.3, 0.4) is 0 Å². The number of carbonyl (C=O) groups is 1. The van der Waals surface area contributed by atoms with Gasteiger partial charge in [0, 0.05) is 20.1 Å². The standard InChI is InChI=1S/C7H13N3OS/c1-8-6(11)5-12-7-9-3-2-4-10-7/h2-5H2,1H3,(H,8,11)(H,9,10). The predicted octanol–water partition coefficient (Wildman–Crippen LogP) is -0.185. The molecule has 0 aliphatic carbocycles. The first-order valence-electron chi connectivity index (χ1n) is 3.94. The second-order valence-electron chi connectivity index (χ2n) is 2.43. The van der Waals surface area contributed by atoms with Gasteiger partial charge in [0.2, 0.25) is 5.91 Å². The molecule has 0 spiro atoms. The van der Waals surface area contributed by atoms with E-state index in [4.69, 9.17) is 0 Å². The van der Waals surface area contributed by atoms with E-state index in [9.17, 15) is 4.79 Å². The number of nitrogens with zero attached hydrogens (tertiary/aromatic N) is 1. The van der Waals surface area contributed by atoms with Crippen molar-refractivity contribution in [2.45, 2.75) is 6.42 Å². The highest BCUT2D eigenvalue weighted by Gasteiger charge is 2.06. The lowest BCUT2D eigenvalue weighted by molar-refractivity contribution is -0.118. The molecule has 0 unspecified atom stereocenters. The predicted molar refractivity (Wildman–Crippen MR) is 51.4 cm³/mol. The smallest absolute Gasteiger partial charge is 0.230 e. The minimum Gasteiger partial charge on any atom is -0.365 e. The monoisotopic (exact) mass is 187 g/mol. The van der Waals surface area contributed by atoms with E-state index in [1.807, 2.05) is 0 Å². The second kappa shape index (κ2) is 5.03. The molecule has 1 rings (SSSR count). The molecular formula is C7H13N3OS. The lowest BCUT2D eigenvalue weighted by atomic mass is 10.4. The normalized spacial score (nSPS) is 16.2. The van der Waals surface area contributed by atoms with Crippen molar-refractivity contribution in [3.05, 3.63) is 0 Å². The van der Waals surface area contributed by atoms with Crippen molar-refractivity contribution in [3.8, 4) is 0 Å². The zero-order valence-electron chi connectivity index (χ0n) is 7.09. The van der Waals surface area contributed by atoms with Crippen molar-refractivity contribution in [2.75, 3.05) is 25.9 Å². The van der Waals surface area contributed by atoms with Crippen LogP contribution >= 0.6 is 11.8 Å². The van der Waals surface area contributed by atoms with Crippen molar-refractivity contribution in [3.63, 3.8) is 0 Å². The largest absolute Gasteiger partial charge is 0.365 e. The zero-order valence-corrected chi connectivity index (χ0v) is 7.91. The van der Waals surface area contributed by atoms with Crippen LogP contribution in [0.4, 0.5) is 0 Å². The van der Waals surface area contributed by atoms with Crippen molar-refractivity contribution in [2.24, 2.45) is 4.99 Å². The van der Waals surface area contributed by atoms with E-state index in [1.54, 1.807) is 7.05 Å². The Balaban J connectivity index is 2.21. The average molecular weight is 187 g/mol. The van der Waals surface area contributed by atoms with Gasteiger partial charge in [-0.05, 0) is 6.42 Å². The summed E-state index contributed by atoms with van der Waals surface area (Å²) in [6, 6.07) is 0. The summed E-state index contributed by atoms with van der Waals surface area (Å²) in [6.07, 6.45) is 1.09. The van der Waals surface area contributed by atoms with Gasteiger partial charge in [-0.25, -0.2) is 0 Å². The third kappa shape index (κ3) is 3.13. The van der Waals surface area contributed by atoms with E-state index in [0.717, 1.165) is 24.7 Å². The van der Waals surface area contributed by atoms with Gasteiger partial charge in [-0.1, -0.05) is 11.8 Å². The Morgan fingerprint density at radius 2 is 2.67 bits per heavy atom. The van der Waals surface area contributed by atoms with E-state index in [0.29, 0.717) is 5.75 Å². The summed E-state index contributed by atoms with van der Waals surface area (Å²) in [6.45, 7) is 1.85. The molecule has 2 N–H and O–H groups in total. The molecule has 0 bridgehead atoms. The Labute approximate surface area is 76.2 Å². The lowest BCUT2D eigenvalue weighted by Crippen LogP contribution is -2.29. The van der Waals surface area contributed by atoms with Gasteiger partial charge >= 0.3 is 0 Å². The van der Waals surface area contributed by atoms with Crippen LogP contribution in [0.15, 0.2) is 4.99 Å². The van der Waals surface area contributed by atoms with Crippen LogP contribution in [0.2, 0.25) is 0 Å². The van der Waals surface area contributed by atoms with Crippen molar-refractivity contribution in [1.82, 2.24) is 10.6 Å². The van der Waals surface area contributed by atoms with Crippen LogP contribution < -0.4 is 10.6 Å². The van der Waals surface area contributed by atoms with E-state index < -0.39 is 0 Å². The summed E-state index contributed by atoms with van der Waals surface area (Å²) >= 11 is 1.46. The fourth-order valence-corrected chi connectivity index (χ4v) is 1.61. The van der Waals surface area contributed by atoms with Gasteiger partial charge in [-0.3, -0.25) is 9.79 Å². The third-order valence-electron chi connectivity index (χ3n) is 1.49. The highest BCUT2D eigenvalue weighted by Crippen LogP contribution is 2.04. The molecule has 0 aromatic rings. The SMILES string of the molecule is CNC(=O)CSC1=NCCCN1. The highest BCUT2D eigenvalue weighted by molar-refractivity contribution is 8.14. The lowest BCUT2D eigenvalue weighted by Gasteiger charge is -2.12. The molecule has 0 saturated carbocycles. The molecule has 0 atom stereocenters.